The van der Waals surface area contributed by atoms with Gasteiger partial charge in [0.25, 0.3) is 10.0 Å². The van der Waals surface area contributed by atoms with Gasteiger partial charge >= 0.3 is 0 Å². The van der Waals surface area contributed by atoms with Crippen LogP contribution in [0.25, 0.3) is 0 Å². The predicted molar refractivity (Wildman–Crippen MR) is 156 cm³/mol. The van der Waals surface area contributed by atoms with E-state index in [0.717, 1.165) is 26.6 Å². The van der Waals surface area contributed by atoms with Crippen molar-refractivity contribution in [2.45, 2.75) is 71.5 Å². The standard InChI is InChI=1S/C31H39N3O4S/c1-7-29(31(36)32-22(2)3)33(20-26-13-9-8-12-25(26)6)30(35)21-34(27-14-10-11-24(5)19-27)39(37,38)28-17-15-23(4)16-18-28/h8-19,22,29H,7,20-21H2,1-6H3,(H,32,36)/t29-/m1/s1. The van der Waals surface area contributed by atoms with Gasteiger partial charge in [-0.25, -0.2) is 8.42 Å². The summed E-state index contributed by atoms with van der Waals surface area (Å²) in [6.45, 7) is 11.0. The normalized spacial score (nSPS) is 12.2. The van der Waals surface area contributed by atoms with Crippen LogP contribution in [0.4, 0.5) is 5.69 Å². The van der Waals surface area contributed by atoms with Crippen molar-refractivity contribution < 1.29 is 18.0 Å². The number of benzene rings is 3. The Labute approximate surface area is 232 Å². The molecule has 0 aromatic heterocycles. The largest absolute Gasteiger partial charge is 0.352 e. The molecule has 8 heteroatoms. The fraction of sp³-hybridized carbons (Fsp3) is 0.355. The maximum atomic E-state index is 14.1. The van der Waals surface area contributed by atoms with Crippen LogP contribution in [0.1, 0.15) is 49.4 Å². The van der Waals surface area contributed by atoms with Gasteiger partial charge in [0.15, 0.2) is 0 Å². The van der Waals surface area contributed by atoms with Crippen molar-refractivity contribution in [3.63, 3.8) is 0 Å². The van der Waals surface area contributed by atoms with E-state index in [1.54, 1.807) is 42.5 Å². The van der Waals surface area contributed by atoms with E-state index in [-0.39, 0.29) is 23.4 Å². The third kappa shape index (κ3) is 7.47. The van der Waals surface area contributed by atoms with Gasteiger partial charge in [-0.2, -0.15) is 0 Å². The third-order valence-electron chi connectivity index (χ3n) is 6.60. The van der Waals surface area contributed by atoms with Crippen molar-refractivity contribution in [1.82, 2.24) is 10.2 Å². The van der Waals surface area contributed by atoms with Crippen LogP contribution in [0.3, 0.4) is 0 Å². The molecule has 39 heavy (non-hydrogen) atoms. The van der Waals surface area contributed by atoms with Gasteiger partial charge in [-0.15, -0.1) is 0 Å². The number of carbonyl (C=O) groups excluding carboxylic acids is 2. The second-order valence-corrected chi connectivity index (χ2v) is 12.1. The quantitative estimate of drug-likeness (QED) is 0.359. The van der Waals surface area contributed by atoms with Crippen LogP contribution in [-0.2, 0) is 26.2 Å². The minimum Gasteiger partial charge on any atom is -0.352 e. The Bertz CT molecular complexity index is 1400. The molecule has 0 aliphatic carbocycles. The van der Waals surface area contributed by atoms with E-state index in [1.807, 2.05) is 71.9 Å². The van der Waals surface area contributed by atoms with Crippen molar-refractivity contribution in [2.75, 3.05) is 10.8 Å². The highest BCUT2D eigenvalue weighted by Crippen LogP contribution is 2.26. The summed E-state index contributed by atoms with van der Waals surface area (Å²) in [6, 6.07) is 20.4. The number of sulfonamides is 1. The summed E-state index contributed by atoms with van der Waals surface area (Å²) in [5, 5.41) is 2.92. The molecule has 1 N–H and O–H groups in total. The molecular formula is C31H39N3O4S. The Hall–Kier alpha value is -3.65. The minimum absolute atomic E-state index is 0.0949. The van der Waals surface area contributed by atoms with Gasteiger partial charge in [-0.3, -0.25) is 13.9 Å². The summed E-state index contributed by atoms with van der Waals surface area (Å²) in [5.74, 6) is -0.723. The molecule has 0 saturated heterocycles. The van der Waals surface area contributed by atoms with Gasteiger partial charge in [0.05, 0.1) is 10.6 Å². The molecule has 0 radical (unpaired) electrons. The molecule has 0 aliphatic rings. The predicted octanol–water partition coefficient (Wildman–Crippen LogP) is 5.14. The molecular weight excluding hydrogens is 510 g/mol. The number of hydrogen-bond acceptors (Lipinski definition) is 4. The Morgan fingerprint density at radius 1 is 0.872 bits per heavy atom. The molecule has 3 aromatic carbocycles. The molecule has 0 aliphatic heterocycles. The molecule has 0 unspecified atom stereocenters. The van der Waals surface area contributed by atoms with Crippen molar-refractivity contribution >= 4 is 27.5 Å². The SMILES string of the molecule is CC[C@H](C(=O)NC(C)C)N(Cc1ccccc1C)C(=O)CN(c1cccc(C)c1)S(=O)(=O)c1ccc(C)cc1. The van der Waals surface area contributed by atoms with E-state index >= 15 is 0 Å². The zero-order chi connectivity index (χ0) is 28.7. The van der Waals surface area contributed by atoms with E-state index in [0.29, 0.717) is 12.1 Å². The molecule has 0 spiro atoms. The fourth-order valence-electron chi connectivity index (χ4n) is 4.42. The highest BCUT2D eigenvalue weighted by molar-refractivity contribution is 7.92. The summed E-state index contributed by atoms with van der Waals surface area (Å²) in [7, 11) is -4.08. The summed E-state index contributed by atoms with van der Waals surface area (Å²) >= 11 is 0. The monoisotopic (exact) mass is 549 g/mol. The first-order valence-corrected chi connectivity index (χ1v) is 14.7. The topological polar surface area (TPSA) is 86.8 Å². The van der Waals surface area contributed by atoms with Crippen LogP contribution in [0.2, 0.25) is 0 Å². The second-order valence-electron chi connectivity index (χ2n) is 10.2. The van der Waals surface area contributed by atoms with E-state index < -0.39 is 28.5 Å². The maximum absolute atomic E-state index is 14.1. The van der Waals surface area contributed by atoms with Crippen molar-refractivity contribution in [3.8, 4) is 0 Å². The number of nitrogens with one attached hydrogen (secondary N) is 1. The Balaban J connectivity index is 2.08. The van der Waals surface area contributed by atoms with Crippen LogP contribution < -0.4 is 9.62 Å². The highest BCUT2D eigenvalue weighted by atomic mass is 32.2. The van der Waals surface area contributed by atoms with Gasteiger partial charge in [0.2, 0.25) is 11.8 Å². The molecule has 3 rings (SSSR count). The molecule has 7 nitrogen and oxygen atoms in total. The van der Waals surface area contributed by atoms with Crippen LogP contribution in [-0.4, -0.2) is 43.8 Å². The lowest BCUT2D eigenvalue weighted by molar-refractivity contribution is -0.140. The number of aryl methyl sites for hydroxylation is 3. The molecule has 0 heterocycles. The van der Waals surface area contributed by atoms with Crippen molar-refractivity contribution in [2.24, 2.45) is 0 Å². The van der Waals surface area contributed by atoms with Gasteiger partial charge < -0.3 is 10.2 Å². The second kappa shape index (κ2) is 12.9. The summed E-state index contributed by atoms with van der Waals surface area (Å²) < 4.78 is 29.0. The maximum Gasteiger partial charge on any atom is 0.264 e. The smallest absolute Gasteiger partial charge is 0.264 e. The minimum atomic E-state index is -4.08. The number of rotatable bonds is 11. The average molecular weight is 550 g/mol. The number of anilines is 1. The van der Waals surface area contributed by atoms with Crippen LogP contribution in [0, 0.1) is 20.8 Å². The molecule has 0 saturated carbocycles. The summed E-state index contributed by atoms with van der Waals surface area (Å²) in [4.78, 5) is 28.9. The first kappa shape index (κ1) is 29.9. The molecule has 1 atom stereocenters. The number of hydrogen-bond donors (Lipinski definition) is 1. The van der Waals surface area contributed by atoms with E-state index in [4.69, 9.17) is 0 Å². The number of carbonyl (C=O) groups is 2. The Kier molecular flexibility index (Phi) is 9.92. The number of amides is 2. The van der Waals surface area contributed by atoms with Gasteiger partial charge in [0.1, 0.15) is 12.6 Å². The third-order valence-corrected chi connectivity index (χ3v) is 8.38. The zero-order valence-corrected chi connectivity index (χ0v) is 24.5. The van der Waals surface area contributed by atoms with Crippen LogP contribution in [0.15, 0.2) is 77.7 Å². The van der Waals surface area contributed by atoms with Crippen LogP contribution >= 0.6 is 0 Å². The average Bonchev–Trinajstić information content (AvgIpc) is 2.87. The van der Waals surface area contributed by atoms with Crippen molar-refractivity contribution in [1.29, 1.82) is 0 Å². The van der Waals surface area contributed by atoms with Crippen LogP contribution in [0.5, 0.6) is 0 Å². The first-order chi connectivity index (χ1) is 18.4. The van der Waals surface area contributed by atoms with Crippen molar-refractivity contribution in [3.05, 3.63) is 95.1 Å². The lowest BCUT2D eigenvalue weighted by atomic mass is 10.1. The van der Waals surface area contributed by atoms with E-state index in [1.165, 1.54) is 4.90 Å². The molecule has 3 aromatic rings. The molecule has 208 valence electrons. The Morgan fingerprint density at radius 2 is 1.54 bits per heavy atom. The molecule has 0 fully saturated rings. The summed E-state index contributed by atoms with van der Waals surface area (Å²) in [5.41, 5.74) is 4.06. The fourth-order valence-corrected chi connectivity index (χ4v) is 5.83. The summed E-state index contributed by atoms with van der Waals surface area (Å²) in [6.07, 6.45) is 0.380. The van der Waals surface area contributed by atoms with Gasteiger partial charge in [-0.1, -0.05) is 61.0 Å². The van der Waals surface area contributed by atoms with E-state index in [9.17, 15) is 18.0 Å². The Morgan fingerprint density at radius 3 is 2.13 bits per heavy atom. The molecule has 0 bridgehead atoms. The van der Waals surface area contributed by atoms with E-state index in [2.05, 4.69) is 5.32 Å². The van der Waals surface area contributed by atoms with Gasteiger partial charge in [0, 0.05) is 12.6 Å². The lowest BCUT2D eigenvalue weighted by Crippen LogP contribution is -2.53. The van der Waals surface area contributed by atoms with Gasteiger partial charge in [-0.05, 0) is 82.0 Å². The number of nitrogens with zero attached hydrogens (tertiary/aromatic N) is 2. The molecule has 2 amide bonds. The zero-order valence-electron chi connectivity index (χ0n) is 23.6. The lowest BCUT2D eigenvalue weighted by Gasteiger charge is -2.34. The first-order valence-electron chi connectivity index (χ1n) is 13.2. The highest BCUT2D eigenvalue weighted by Gasteiger charge is 2.34.